The van der Waals surface area contributed by atoms with Crippen LogP contribution in [0.15, 0.2) is 52.8 Å². The van der Waals surface area contributed by atoms with Crippen LogP contribution in [-0.4, -0.2) is 23.4 Å². The van der Waals surface area contributed by atoms with Gasteiger partial charge in [0.25, 0.3) is 0 Å². The van der Waals surface area contributed by atoms with Crippen LogP contribution in [0.2, 0.25) is 0 Å². The lowest BCUT2D eigenvalue weighted by atomic mass is 10.1. The highest BCUT2D eigenvalue weighted by molar-refractivity contribution is 8.93. The number of ether oxygens (including phenoxy) is 1. The number of aliphatic hydroxyl groups excluding tert-OH is 1. The maximum absolute atomic E-state index is 14.0. The number of rotatable bonds is 5. The van der Waals surface area contributed by atoms with E-state index in [1.807, 2.05) is 5.38 Å². The molecule has 0 aliphatic heterocycles. The zero-order valence-electron chi connectivity index (χ0n) is 13.9. The summed E-state index contributed by atoms with van der Waals surface area (Å²) in [5, 5.41) is 11.2. The van der Waals surface area contributed by atoms with E-state index >= 15 is 0 Å². The summed E-state index contributed by atoms with van der Waals surface area (Å²) < 4.78 is 33.8. The van der Waals surface area contributed by atoms with Crippen molar-refractivity contribution in [3.63, 3.8) is 0 Å². The van der Waals surface area contributed by atoms with Crippen LogP contribution < -0.4 is 9.54 Å². The van der Waals surface area contributed by atoms with Gasteiger partial charge in [-0.25, -0.2) is 13.8 Å². The van der Waals surface area contributed by atoms with Crippen molar-refractivity contribution in [2.45, 2.75) is 6.54 Å². The van der Waals surface area contributed by atoms with Crippen LogP contribution in [0.1, 0.15) is 0 Å². The number of methoxy groups -OCH3 is 1. The Bertz CT molecular complexity index is 939. The van der Waals surface area contributed by atoms with Crippen LogP contribution in [-0.2, 0) is 6.54 Å². The number of aromatic nitrogens is 1. The molecule has 8 heteroatoms. The van der Waals surface area contributed by atoms with Gasteiger partial charge in [0.15, 0.2) is 16.4 Å². The molecule has 0 amide bonds. The van der Waals surface area contributed by atoms with Crippen LogP contribution in [0.3, 0.4) is 0 Å². The second-order valence-corrected chi connectivity index (χ2v) is 6.05. The van der Waals surface area contributed by atoms with Gasteiger partial charge in [0.05, 0.1) is 25.1 Å². The Morgan fingerprint density at radius 3 is 2.50 bits per heavy atom. The molecule has 3 rings (SSSR count). The molecule has 0 saturated carbocycles. The predicted octanol–water partition coefficient (Wildman–Crippen LogP) is 4.31. The van der Waals surface area contributed by atoms with Gasteiger partial charge in [-0.2, -0.15) is 0 Å². The number of nitrogens with zero attached hydrogens (tertiary/aromatic N) is 2. The molecule has 1 aromatic heterocycles. The highest BCUT2D eigenvalue weighted by Gasteiger charge is 2.11. The Balaban J connectivity index is 0.00000243. The van der Waals surface area contributed by atoms with Crippen molar-refractivity contribution in [2.24, 2.45) is 4.99 Å². The molecule has 1 heterocycles. The lowest BCUT2D eigenvalue weighted by Crippen LogP contribution is -2.17. The third-order valence-corrected chi connectivity index (χ3v) is 4.48. The van der Waals surface area contributed by atoms with Gasteiger partial charge in [-0.15, -0.1) is 28.3 Å². The van der Waals surface area contributed by atoms with E-state index in [1.54, 1.807) is 28.8 Å². The number of aliphatic hydroxyl groups is 1. The van der Waals surface area contributed by atoms with E-state index in [0.29, 0.717) is 22.6 Å². The molecule has 0 spiro atoms. The molecule has 0 bridgehead atoms. The van der Waals surface area contributed by atoms with Gasteiger partial charge < -0.3 is 14.4 Å². The van der Waals surface area contributed by atoms with Gasteiger partial charge >= 0.3 is 0 Å². The number of halogens is 3. The highest BCUT2D eigenvalue weighted by atomic mass is 79.9. The Morgan fingerprint density at radius 1 is 1.15 bits per heavy atom. The van der Waals surface area contributed by atoms with Gasteiger partial charge in [0.2, 0.25) is 0 Å². The molecule has 138 valence electrons. The molecule has 0 atom stereocenters. The lowest BCUT2D eigenvalue weighted by Gasteiger charge is -2.09. The molecule has 3 aromatic rings. The molecule has 0 unspecified atom stereocenters. The maximum Gasteiger partial charge on any atom is 0.190 e. The summed E-state index contributed by atoms with van der Waals surface area (Å²) in [6, 6.07) is 10.5. The number of benzene rings is 2. The van der Waals surface area contributed by atoms with Crippen LogP contribution in [0.5, 0.6) is 5.75 Å². The molecule has 4 nitrogen and oxygen atoms in total. The molecular weight excluding hydrogens is 426 g/mol. The van der Waals surface area contributed by atoms with Crippen LogP contribution >= 0.6 is 28.3 Å². The molecule has 0 fully saturated rings. The number of hydrogen-bond acceptors (Lipinski definition) is 4. The Kier molecular flexibility index (Phi) is 7.07. The number of thiazole rings is 1. The third-order valence-electron chi connectivity index (χ3n) is 3.62. The van der Waals surface area contributed by atoms with Gasteiger partial charge in [-0.05, 0) is 42.5 Å². The Labute approximate surface area is 163 Å². The molecule has 0 aliphatic rings. The average molecular weight is 443 g/mol. The van der Waals surface area contributed by atoms with Gasteiger partial charge in [0.1, 0.15) is 5.82 Å². The van der Waals surface area contributed by atoms with E-state index in [9.17, 15) is 13.9 Å². The Hall–Kier alpha value is -2.03. The molecule has 0 radical (unpaired) electrons. The van der Waals surface area contributed by atoms with E-state index < -0.39 is 5.82 Å². The molecule has 1 N–H and O–H groups in total. The van der Waals surface area contributed by atoms with Crippen LogP contribution in [0.4, 0.5) is 14.5 Å². The quantitative estimate of drug-likeness (QED) is 0.639. The normalized spacial score (nSPS) is 11.3. The van der Waals surface area contributed by atoms with E-state index in [-0.39, 0.29) is 35.2 Å². The van der Waals surface area contributed by atoms with Crippen molar-refractivity contribution in [1.82, 2.24) is 4.57 Å². The highest BCUT2D eigenvalue weighted by Crippen LogP contribution is 2.26. The zero-order valence-corrected chi connectivity index (χ0v) is 16.4. The second kappa shape index (κ2) is 9.07. The summed E-state index contributed by atoms with van der Waals surface area (Å²) >= 11 is 1.36. The molecule has 0 aliphatic carbocycles. The van der Waals surface area contributed by atoms with E-state index in [2.05, 4.69) is 4.99 Å². The van der Waals surface area contributed by atoms with Crippen molar-refractivity contribution < 1.29 is 18.6 Å². The first-order valence-electron chi connectivity index (χ1n) is 7.56. The zero-order chi connectivity index (χ0) is 17.8. The van der Waals surface area contributed by atoms with Crippen molar-refractivity contribution in [3.05, 3.63) is 64.3 Å². The minimum absolute atomic E-state index is 0. The largest absolute Gasteiger partial charge is 0.494 e. The molecular formula is C18H17BrF2N2O2S. The molecule has 0 saturated heterocycles. The summed E-state index contributed by atoms with van der Waals surface area (Å²) in [6.45, 7) is 0.228. The number of hydrogen-bond donors (Lipinski definition) is 1. The van der Waals surface area contributed by atoms with E-state index in [1.165, 1.54) is 36.6 Å². The monoisotopic (exact) mass is 442 g/mol. The summed E-state index contributed by atoms with van der Waals surface area (Å²) in [6.07, 6.45) is 0. The fourth-order valence-corrected chi connectivity index (χ4v) is 3.37. The first kappa shape index (κ1) is 20.3. The third kappa shape index (κ3) is 4.38. The van der Waals surface area contributed by atoms with E-state index in [4.69, 9.17) is 4.74 Å². The van der Waals surface area contributed by atoms with E-state index in [0.717, 1.165) is 5.69 Å². The van der Waals surface area contributed by atoms with Gasteiger partial charge in [-0.1, -0.05) is 0 Å². The van der Waals surface area contributed by atoms with Crippen molar-refractivity contribution in [3.8, 4) is 17.0 Å². The molecule has 26 heavy (non-hydrogen) atoms. The molecule has 2 aromatic carbocycles. The lowest BCUT2D eigenvalue weighted by molar-refractivity contribution is 0.275. The minimum atomic E-state index is -0.459. The van der Waals surface area contributed by atoms with Gasteiger partial charge in [-0.3, -0.25) is 0 Å². The SMILES string of the molecule is Br.COc1ccc(-c2csc(=Nc3ccc(F)cc3)n2CCO)cc1F. The Morgan fingerprint density at radius 2 is 1.88 bits per heavy atom. The first-order chi connectivity index (χ1) is 12.1. The first-order valence-corrected chi connectivity index (χ1v) is 8.43. The van der Waals surface area contributed by atoms with Crippen molar-refractivity contribution in [2.75, 3.05) is 13.7 Å². The average Bonchev–Trinajstić information content (AvgIpc) is 3.00. The standard InChI is InChI=1S/C18H16F2N2O2S.BrH/c1-24-17-7-2-12(10-15(17)20)16-11-25-18(22(16)8-9-23)21-14-5-3-13(19)4-6-14;/h2-7,10-11,23H,8-9H2,1H3;1H. The second-order valence-electron chi connectivity index (χ2n) is 5.22. The predicted molar refractivity (Wildman–Crippen MR) is 103 cm³/mol. The van der Waals surface area contributed by atoms with Gasteiger partial charge in [0, 0.05) is 17.5 Å². The summed E-state index contributed by atoms with van der Waals surface area (Å²) in [5.74, 6) is -0.620. The minimum Gasteiger partial charge on any atom is -0.494 e. The summed E-state index contributed by atoms with van der Waals surface area (Å²) in [5.41, 5.74) is 1.99. The van der Waals surface area contributed by atoms with Crippen LogP contribution in [0.25, 0.3) is 11.3 Å². The van der Waals surface area contributed by atoms with Crippen molar-refractivity contribution >= 4 is 34.0 Å². The van der Waals surface area contributed by atoms with Crippen molar-refractivity contribution in [1.29, 1.82) is 0 Å². The van der Waals surface area contributed by atoms with Crippen LogP contribution in [0, 0.1) is 11.6 Å². The topological polar surface area (TPSA) is 46.8 Å². The summed E-state index contributed by atoms with van der Waals surface area (Å²) in [7, 11) is 1.41. The summed E-state index contributed by atoms with van der Waals surface area (Å²) in [4.78, 5) is 5.12. The maximum atomic E-state index is 14.0. The smallest absolute Gasteiger partial charge is 0.190 e. The fourth-order valence-electron chi connectivity index (χ4n) is 2.42. The fraction of sp³-hybridized carbons (Fsp3) is 0.167.